The summed E-state index contributed by atoms with van der Waals surface area (Å²) in [5.41, 5.74) is 5.18. The largest absolute Gasteiger partial charge is 0.367 e. The molecule has 0 bridgehead atoms. The molecule has 0 radical (unpaired) electrons. The maximum atomic E-state index is 13.3. The average molecular weight is 408 g/mol. The number of pyridine rings is 1. The molecule has 0 atom stereocenters. The maximum Gasteiger partial charge on any atom is 0.207 e. The highest BCUT2D eigenvalue weighted by atomic mass is 19.1. The molecule has 158 valence electrons. The van der Waals surface area contributed by atoms with E-state index in [2.05, 4.69) is 27.4 Å². The zero-order valence-corrected chi connectivity index (χ0v) is 17.7. The molecule has 0 saturated heterocycles. The SMILES string of the molecule is Cc1c[nH]cc1-c1ccccc1F.Cc1cc(C2CCC(CNC=O)CC2)ccn1. The third kappa shape index (κ3) is 5.78. The van der Waals surface area contributed by atoms with Gasteiger partial charge in [0.15, 0.2) is 0 Å². The van der Waals surface area contributed by atoms with Gasteiger partial charge in [-0.1, -0.05) is 18.2 Å². The molecule has 1 aliphatic rings. The first kappa shape index (κ1) is 21.8. The Balaban J connectivity index is 0.000000177. The van der Waals surface area contributed by atoms with Crippen LogP contribution in [0.2, 0.25) is 0 Å². The summed E-state index contributed by atoms with van der Waals surface area (Å²) >= 11 is 0. The summed E-state index contributed by atoms with van der Waals surface area (Å²) < 4.78 is 13.3. The number of aromatic nitrogens is 2. The summed E-state index contributed by atoms with van der Waals surface area (Å²) in [4.78, 5) is 17.5. The van der Waals surface area contributed by atoms with E-state index in [-0.39, 0.29) is 5.82 Å². The number of nitrogens with zero attached hydrogens (tertiary/aromatic N) is 1. The number of benzene rings is 1. The summed E-state index contributed by atoms with van der Waals surface area (Å²) in [6.07, 6.45) is 11.3. The summed E-state index contributed by atoms with van der Waals surface area (Å²) in [5, 5.41) is 2.79. The lowest BCUT2D eigenvalue weighted by atomic mass is 9.79. The van der Waals surface area contributed by atoms with E-state index >= 15 is 0 Å². The molecule has 4 nitrogen and oxygen atoms in total. The molecule has 0 aliphatic heterocycles. The van der Waals surface area contributed by atoms with E-state index in [1.54, 1.807) is 12.1 Å². The lowest BCUT2D eigenvalue weighted by Crippen LogP contribution is -2.25. The minimum atomic E-state index is -0.176. The van der Waals surface area contributed by atoms with Gasteiger partial charge < -0.3 is 10.3 Å². The van der Waals surface area contributed by atoms with Crippen molar-refractivity contribution in [1.29, 1.82) is 0 Å². The molecule has 3 aromatic rings. The standard InChI is InChI=1S/C14H20N2O.C11H10FN/c1-11-8-14(6-7-16-11)13-4-2-12(3-5-13)9-15-10-17;1-8-6-13-7-10(8)9-4-2-3-5-11(9)12/h6-8,10,12-13H,2-5,9H2,1H3,(H,15,17);2-7,13H,1H3. The van der Waals surface area contributed by atoms with Crippen molar-refractivity contribution in [3.05, 3.63) is 77.6 Å². The summed E-state index contributed by atoms with van der Waals surface area (Å²) in [7, 11) is 0. The molecule has 1 saturated carbocycles. The number of hydrogen-bond acceptors (Lipinski definition) is 2. The number of carbonyl (C=O) groups excluding carboxylic acids is 1. The molecule has 4 rings (SSSR count). The number of aromatic amines is 1. The topological polar surface area (TPSA) is 57.8 Å². The first-order valence-electron chi connectivity index (χ1n) is 10.6. The van der Waals surface area contributed by atoms with Crippen LogP contribution in [0.15, 0.2) is 55.0 Å². The molecular formula is C25H30FN3O. The molecule has 2 N–H and O–H groups in total. The van der Waals surface area contributed by atoms with Crippen LogP contribution in [0, 0.1) is 25.6 Å². The molecule has 5 heteroatoms. The number of rotatable bonds is 5. The van der Waals surface area contributed by atoms with Crippen LogP contribution in [0.25, 0.3) is 11.1 Å². The fraction of sp³-hybridized carbons (Fsp3) is 0.360. The van der Waals surface area contributed by atoms with E-state index in [0.29, 0.717) is 17.4 Å². The van der Waals surface area contributed by atoms with Gasteiger partial charge in [-0.3, -0.25) is 9.78 Å². The van der Waals surface area contributed by atoms with Gasteiger partial charge in [0.25, 0.3) is 0 Å². The lowest BCUT2D eigenvalue weighted by molar-refractivity contribution is -0.109. The van der Waals surface area contributed by atoms with Gasteiger partial charge in [-0.15, -0.1) is 0 Å². The molecule has 1 aromatic carbocycles. The van der Waals surface area contributed by atoms with Crippen molar-refractivity contribution in [2.75, 3.05) is 6.54 Å². The Morgan fingerprint density at radius 2 is 1.87 bits per heavy atom. The Morgan fingerprint density at radius 3 is 2.50 bits per heavy atom. The van der Waals surface area contributed by atoms with Gasteiger partial charge >= 0.3 is 0 Å². The molecule has 1 aliphatic carbocycles. The second kappa shape index (κ2) is 10.7. The highest BCUT2D eigenvalue weighted by Crippen LogP contribution is 2.35. The Hall–Kier alpha value is -2.95. The van der Waals surface area contributed by atoms with Gasteiger partial charge in [-0.2, -0.15) is 0 Å². The number of aryl methyl sites for hydroxylation is 2. The Labute approximate surface area is 178 Å². The van der Waals surface area contributed by atoms with Crippen LogP contribution < -0.4 is 5.32 Å². The number of carbonyl (C=O) groups is 1. The smallest absolute Gasteiger partial charge is 0.207 e. The first-order chi connectivity index (χ1) is 14.6. The Morgan fingerprint density at radius 1 is 1.10 bits per heavy atom. The summed E-state index contributed by atoms with van der Waals surface area (Å²) in [5.74, 6) is 1.17. The van der Waals surface area contributed by atoms with E-state index in [9.17, 15) is 9.18 Å². The van der Waals surface area contributed by atoms with Crippen LogP contribution in [0.4, 0.5) is 4.39 Å². The highest BCUT2D eigenvalue weighted by Gasteiger charge is 2.22. The second-order valence-electron chi connectivity index (χ2n) is 8.01. The molecular weight excluding hydrogens is 377 g/mol. The quantitative estimate of drug-likeness (QED) is 0.546. The van der Waals surface area contributed by atoms with Gasteiger partial charge in [-0.05, 0) is 80.7 Å². The molecule has 0 spiro atoms. The van der Waals surface area contributed by atoms with Crippen molar-refractivity contribution < 1.29 is 9.18 Å². The number of hydrogen-bond donors (Lipinski definition) is 2. The normalized spacial score (nSPS) is 18.2. The third-order valence-electron chi connectivity index (χ3n) is 5.85. The first-order valence-corrected chi connectivity index (χ1v) is 10.6. The van der Waals surface area contributed by atoms with Crippen LogP contribution in [-0.4, -0.2) is 22.9 Å². The van der Waals surface area contributed by atoms with Gasteiger partial charge in [-0.25, -0.2) is 4.39 Å². The highest BCUT2D eigenvalue weighted by molar-refractivity contribution is 5.66. The molecule has 2 heterocycles. The van der Waals surface area contributed by atoms with Crippen LogP contribution in [0.5, 0.6) is 0 Å². The van der Waals surface area contributed by atoms with Crippen molar-refractivity contribution in [3.63, 3.8) is 0 Å². The van der Waals surface area contributed by atoms with Crippen molar-refractivity contribution >= 4 is 6.41 Å². The van der Waals surface area contributed by atoms with E-state index in [4.69, 9.17) is 0 Å². The van der Waals surface area contributed by atoms with Crippen molar-refractivity contribution in [2.24, 2.45) is 5.92 Å². The second-order valence-corrected chi connectivity index (χ2v) is 8.01. The van der Waals surface area contributed by atoms with Gasteiger partial charge in [0, 0.05) is 42.0 Å². The number of nitrogens with one attached hydrogen (secondary N) is 2. The van der Waals surface area contributed by atoms with Crippen molar-refractivity contribution in [2.45, 2.75) is 45.4 Å². The van der Waals surface area contributed by atoms with E-state index < -0.39 is 0 Å². The van der Waals surface area contributed by atoms with Crippen LogP contribution in [0.1, 0.15) is 48.4 Å². The van der Waals surface area contributed by atoms with E-state index in [1.807, 2.05) is 38.5 Å². The molecule has 1 amide bonds. The fourth-order valence-corrected chi connectivity index (χ4v) is 4.15. The molecule has 2 aromatic heterocycles. The predicted octanol–water partition coefficient (Wildman–Crippen LogP) is 5.54. The van der Waals surface area contributed by atoms with Gasteiger partial charge in [0.2, 0.25) is 6.41 Å². The summed E-state index contributed by atoms with van der Waals surface area (Å²) in [6.45, 7) is 4.84. The van der Waals surface area contributed by atoms with Crippen LogP contribution in [-0.2, 0) is 4.79 Å². The fourth-order valence-electron chi connectivity index (χ4n) is 4.15. The number of halogens is 1. The van der Waals surface area contributed by atoms with Crippen molar-refractivity contribution in [1.82, 2.24) is 15.3 Å². The minimum Gasteiger partial charge on any atom is -0.367 e. The monoisotopic (exact) mass is 407 g/mol. The van der Waals surface area contributed by atoms with Gasteiger partial charge in [0.1, 0.15) is 5.82 Å². The average Bonchev–Trinajstić information content (AvgIpc) is 3.19. The zero-order valence-electron chi connectivity index (χ0n) is 17.7. The molecule has 30 heavy (non-hydrogen) atoms. The third-order valence-corrected chi connectivity index (χ3v) is 5.85. The van der Waals surface area contributed by atoms with E-state index in [1.165, 1.54) is 37.3 Å². The lowest BCUT2D eigenvalue weighted by Gasteiger charge is -2.28. The number of H-pyrrole nitrogens is 1. The van der Waals surface area contributed by atoms with E-state index in [0.717, 1.165) is 29.8 Å². The Kier molecular flexibility index (Phi) is 7.77. The number of amides is 1. The molecule has 0 unspecified atom stereocenters. The minimum absolute atomic E-state index is 0.176. The summed E-state index contributed by atoms with van der Waals surface area (Å²) in [6, 6.07) is 11.1. The Bertz CT molecular complexity index is 945. The zero-order chi connectivity index (χ0) is 21.3. The maximum absolute atomic E-state index is 13.3. The predicted molar refractivity (Wildman–Crippen MR) is 119 cm³/mol. The van der Waals surface area contributed by atoms with Gasteiger partial charge in [0.05, 0.1) is 0 Å². The van der Waals surface area contributed by atoms with Crippen LogP contribution >= 0.6 is 0 Å². The van der Waals surface area contributed by atoms with Crippen LogP contribution in [0.3, 0.4) is 0 Å². The van der Waals surface area contributed by atoms with Crippen molar-refractivity contribution in [3.8, 4) is 11.1 Å². The molecule has 1 fully saturated rings.